The largest absolute Gasteiger partial charge is 0.493 e. The van der Waals surface area contributed by atoms with Gasteiger partial charge in [-0.15, -0.1) is 0 Å². The van der Waals surface area contributed by atoms with Crippen LogP contribution >= 0.6 is 0 Å². The number of aliphatic hydroxyl groups is 1. The molecule has 1 aromatic carbocycles. The summed E-state index contributed by atoms with van der Waals surface area (Å²) in [4.78, 5) is 2.80. The molecular formula is C28H37NO4. The van der Waals surface area contributed by atoms with Crippen molar-refractivity contribution in [2.24, 2.45) is 17.3 Å². The molecular weight excluding hydrogens is 414 g/mol. The van der Waals surface area contributed by atoms with Gasteiger partial charge in [-0.25, -0.2) is 0 Å². The van der Waals surface area contributed by atoms with Gasteiger partial charge in [0.25, 0.3) is 0 Å². The summed E-state index contributed by atoms with van der Waals surface area (Å²) in [5.41, 5.74) is 1.15. The van der Waals surface area contributed by atoms with E-state index in [1.807, 2.05) is 14.0 Å². The molecule has 0 amide bonds. The smallest absolute Gasteiger partial charge is 0.166 e. The topological polar surface area (TPSA) is 51.2 Å². The lowest BCUT2D eigenvalue weighted by atomic mass is 9.36. The van der Waals surface area contributed by atoms with E-state index in [1.54, 1.807) is 7.11 Å². The molecule has 0 unspecified atom stereocenters. The standard InChI is InChI=1S/C28H37NO4/c1-5-25(2,30)20-15-26-10-11-28(20,32-4)24-27(26)12-13-29(16-17-6-7-17)21(26)14-18-8-9-19(31-3)23(33-24)22(18)27/h8-11,17,20-21,24,30H,5-7,12-16H2,1-4H3/t20-,21-,24-,25-,26-,27+,28-/m1/s1. The van der Waals surface area contributed by atoms with Crippen molar-refractivity contribution in [2.75, 3.05) is 27.3 Å². The van der Waals surface area contributed by atoms with Crippen LogP contribution in [0.4, 0.5) is 0 Å². The van der Waals surface area contributed by atoms with Gasteiger partial charge in [0.05, 0.1) is 18.1 Å². The van der Waals surface area contributed by atoms with Crippen molar-refractivity contribution in [2.45, 2.75) is 81.1 Å². The second-order valence-electron chi connectivity index (χ2n) is 11.9. The number of hydrogen-bond donors (Lipinski definition) is 1. The molecule has 5 aliphatic carbocycles. The van der Waals surface area contributed by atoms with Gasteiger partial charge in [0.15, 0.2) is 11.5 Å². The predicted octanol–water partition coefficient (Wildman–Crippen LogP) is 3.86. The SMILES string of the molecule is CC[C@@](C)(O)[C@H]1C[C@@]23C=C[C@]1(OC)[C@@H]1Oc4c(OC)ccc5c4[C@@]12CCN(CC1CC1)[C@@H]3C5. The number of nitrogens with zero attached hydrogens (tertiary/aromatic N) is 1. The summed E-state index contributed by atoms with van der Waals surface area (Å²) in [6, 6.07) is 4.82. The number of likely N-dealkylation sites (tertiary alicyclic amines) is 1. The summed E-state index contributed by atoms with van der Waals surface area (Å²) in [6.45, 7) is 6.42. The second kappa shape index (κ2) is 6.35. The zero-order valence-electron chi connectivity index (χ0n) is 20.4. The Balaban J connectivity index is 1.50. The third kappa shape index (κ3) is 2.21. The van der Waals surface area contributed by atoms with E-state index < -0.39 is 11.2 Å². The van der Waals surface area contributed by atoms with Gasteiger partial charge in [-0.05, 0) is 69.5 Å². The summed E-state index contributed by atoms with van der Waals surface area (Å²) < 4.78 is 19.3. The highest BCUT2D eigenvalue weighted by atomic mass is 16.6. The predicted molar refractivity (Wildman–Crippen MR) is 126 cm³/mol. The fourth-order valence-electron chi connectivity index (χ4n) is 8.88. The maximum Gasteiger partial charge on any atom is 0.166 e. The number of hydrogen-bond acceptors (Lipinski definition) is 5. The Kier molecular flexibility index (Phi) is 4.00. The summed E-state index contributed by atoms with van der Waals surface area (Å²) in [6.07, 6.45) is 11.2. The zero-order chi connectivity index (χ0) is 22.8. The monoisotopic (exact) mass is 451 g/mol. The maximum absolute atomic E-state index is 11.7. The van der Waals surface area contributed by atoms with Gasteiger partial charge in [0.1, 0.15) is 11.7 Å². The van der Waals surface area contributed by atoms with Crippen molar-refractivity contribution in [3.05, 3.63) is 35.4 Å². The molecule has 3 fully saturated rings. The molecule has 1 saturated heterocycles. The molecule has 1 N–H and O–H groups in total. The molecule has 5 nitrogen and oxygen atoms in total. The van der Waals surface area contributed by atoms with Crippen molar-refractivity contribution in [3.8, 4) is 11.5 Å². The van der Waals surface area contributed by atoms with Crippen LogP contribution in [0, 0.1) is 17.3 Å². The van der Waals surface area contributed by atoms with Crippen LogP contribution in [0.25, 0.3) is 0 Å². The van der Waals surface area contributed by atoms with E-state index in [4.69, 9.17) is 14.2 Å². The van der Waals surface area contributed by atoms with E-state index in [1.165, 1.54) is 30.5 Å². The first-order valence-electron chi connectivity index (χ1n) is 13.0. The van der Waals surface area contributed by atoms with Gasteiger partial charge in [0.2, 0.25) is 0 Å². The molecule has 5 heteroatoms. The molecule has 7 aliphatic rings. The van der Waals surface area contributed by atoms with Gasteiger partial charge >= 0.3 is 0 Å². The first-order chi connectivity index (χ1) is 15.9. The van der Waals surface area contributed by atoms with Crippen molar-refractivity contribution >= 4 is 0 Å². The molecule has 2 saturated carbocycles. The Morgan fingerprint density at radius 1 is 1.24 bits per heavy atom. The highest BCUT2D eigenvalue weighted by Gasteiger charge is 2.80. The minimum atomic E-state index is -0.826. The van der Waals surface area contributed by atoms with Gasteiger partial charge < -0.3 is 19.3 Å². The third-order valence-corrected chi connectivity index (χ3v) is 10.8. The second-order valence-corrected chi connectivity index (χ2v) is 11.9. The summed E-state index contributed by atoms with van der Waals surface area (Å²) in [5.74, 6) is 2.60. The molecule has 1 aromatic rings. The van der Waals surface area contributed by atoms with E-state index in [2.05, 4.69) is 36.1 Å². The first-order valence-corrected chi connectivity index (χ1v) is 13.0. The van der Waals surface area contributed by atoms with Crippen LogP contribution in [-0.2, 0) is 16.6 Å². The van der Waals surface area contributed by atoms with Crippen LogP contribution in [0.1, 0.15) is 57.1 Å². The lowest BCUT2D eigenvalue weighted by molar-refractivity contribution is -0.248. The number of benzene rings is 1. The number of ether oxygens (including phenoxy) is 3. The number of methoxy groups -OCH3 is 2. The van der Waals surface area contributed by atoms with Crippen LogP contribution < -0.4 is 9.47 Å². The normalized spacial score (nSPS) is 43.7. The number of fused-ring (bicyclic) bond motifs is 1. The van der Waals surface area contributed by atoms with Gasteiger partial charge in [-0.2, -0.15) is 0 Å². The Hall–Kier alpha value is -1.56. The van der Waals surface area contributed by atoms with E-state index in [-0.39, 0.29) is 22.9 Å². The van der Waals surface area contributed by atoms with Crippen molar-refractivity contribution in [1.82, 2.24) is 4.90 Å². The average molecular weight is 452 g/mol. The molecule has 2 spiro atoms. The Morgan fingerprint density at radius 2 is 2.06 bits per heavy atom. The van der Waals surface area contributed by atoms with E-state index in [0.717, 1.165) is 43.2 Å². The fourth-order valence-corrected chi connectivity index (χ4v) is 8.88. The first kappa shape index (κ1) is 20.8. The van der Waals surface area contributed by atoms with Crippen LogP contribution in [0.15, 0.2) is 24.3 Å². The maximum atomic E-state index is 11.7. The molecule has 7 atom stereocenters. The molecule has 178 valence electrons. The van der Waals surface area contributed by atoms with E-state index >= 15 is 0 Å². The van der Waals surface area contributed by atoms with Crippen molar-refractivity contribution < 1.29 is 19.3 Å². The molecule has 4 bridgehead atoms. The summed E-state index contributed by atoms with van der Waals surface area (Å²) in [5, 5.41) is 11.7. The number of piperidine rings is 1. The van der Waals surface area contributed by atoms with Gasteiger partial charge in [-0.1, -0.05) is 25.1 Å². The molecule has 33 heavy (non-hydrogen) atoms. The van der Waals surface area contributed by atoms with Crippen molar-refractivity contribution in [1.29, 1.82) is 0 Å². The minimum absolute atomic E-state index is 0.0200. The minimum Gasteiger partial charge on any atom is -0.493 e. The average Bonchev–Trinajstić information content (AvgIpc) is 3.57. The lowest BCUT2D eigenvalue weighted by Gasteiger charge is -2.72. The zero-order valence-corrected chi connectivity index (χ0v) is 20.4. The molecule has 2 aliphatic heterocycles. The molecule has 0 aromatic heterocycles. The Bertz CT molecular complexity index is 1050. The number of rotatable bonds is 6. The Morgan fingerprint density at radius 3 is 2.76 bits per heavy atom. The molecule has 2 heterocycles. The quantitative estimate of drug-likeness (QED) is 0.666. The van der Waals surface area contributed by atoms with E-state index in [9.17, 15) is 5.11 Å². The molecule has 8 rings (SSSR count). The highest BCUT2D eigenvalue weighted by Crippen LogP contribution is 2.75. The molecule has 0 radical (unpaired) electrons. The summed E-state index contributed by atoms with van der Waals surface area (Å²) in [7, 11) is 3.55. The van der Waals surface area contributed by atoms with Gasteiger partial charge in [-0.3, -0.25) is 4.90 Å². The lowest BCUT2D eigenvalue weighted by Crippen LogP contribution is -2.80. The van der Waals surface area contributed by atoms with Crippen LogP contribution in [-0.4, -0.2) is 60.7 Å². The van der Waals surface area contributed by atoms with Gasteiger partial charge in [0, 0.05) is 36.6 Å². The van der Waals surface area contributed by atoms with Crippen LogP contribution in [0.5, 0.6) is 11.5 Å². The van der Waals surface area contributed by atoms with Crippen molar-refractivity contribution in [3.63, 3.8) is 0 Å². The highest BCUT2D eigenvalue weighted by molar-refractivity contribution is 5.65. The fraction of sp³-hybridized carbons (Fsp3) is 0.714. The summed E-state index contributed by atoms with van der Waals surface area (Å²) >= 11 is 0. The third-order valence-electron chi connectivity index (χ3n) is 10.8. The van der Waals surface area contributed by atoms with E-state index in [0.29, 0.717) is 12.5 Å². The van der Waals surface area contributed by atoms with Crippen LogP contribution in [0.3, 0.4) is 0 Å². The Labute approximate surface area is 197 Å². The van der Waals surface area contributed by atoms with Crippen LogP contribution in [0.2, 0.25) is 0 Å².